The molecule has 0 aliphatic rings. The Hall–Kier alpha value is -2.44. The van der Waals surface area contributed by atoms with Crippen LogP contribution in [0.3, 0.4) is 0 Å². The lowest BCUT2D eigenvalue weighted by Gasteiger charge is -2.20. The number of amides is 2. The van der Waals surface area contributed by atoms with Crippen molar-refractivity contribution in [1.82, 2.24) is 14.9 Å². The number of hydrogen-bond donors (Lipinski definition) is 1. The van der Waals surface area contributed by atoms with Crippen molar-refractivity contribution < 1.29 is 23.2 Å². The number of anilines is 1. The van der Waals surface area contributed by atoms with Crippen molar-refractivity contribution in [2.45, 2.75) is 39.5 Å². The molecule has 1 heterocycles. The van der Waals surface area contributed by atoms with Gasteiger partial charge in [-0.25, -0.2) is 4.98 Å². The monoisotopic (exact) mass is 580 g/mol. The summed E-state index contributed by atoms with van der Waals surface area (Å²) in [4.78, 5) is 35.5. The van der Waals surface area contributed by atoms with Crippen LogP contribution < -0.4 is 4.90 Å². The highest BCUT2D eigenvalue weighted by Crippen LogP contribution is 2.48. The van der Waals surface area contributed by atoms with Crippen LogP contribution in [0, 0.1) is 12.3 Å². The lowest BCUT2D eigenvalue weighted by Crippen LogP contribution is -2.31. The number of imidazole rings is 1. The maximum absolute atomic E-state index is 13.0. The smallest absolute Gasteiger partial charge is 0.330 e. The molecule has 0 aliphatic heterocycles. The average Bonchev–Trinajstić information content (AvgIpc) is 3.27. The third-order valence-electron chi connectivity index (χ3n) is 5.32. The first-order valence-electron chi connectivity index (χ1n) is 11.9. The van der Waals surface area contributed by atoms with Crippen molar-refractivity contribution >= 4 is 41.7 Å². The Morgan fingerprint density at radius 1 is 1.19 bits per heavy atom. The van der Waals surface area contributed by atoms with Gasteiger partial charge in [0.2, 0.25) is 6.41 Å². The van der Waals surface area contributed by atoms with Crippen molar-refractivity contribution in [3.8, 4) is 12.3 Å². The summed E-state index contributed by atoms with van der Waals surface area (Å²) in [5.74, 6) is 2.94. The number of nitrogens with one attached hydrogen (secondary N) is 1. The topological polar surface area (TPSA) is 105 Å². The van der Waals surface area contributed by atoms with Gasteiger partial charge in [-0.15, -0.1) is 6.42 Å². The summed E-state index contributed by atoms with van der Waals surface area (Å²) in [6, 6.07) is 7.97. The van der Waals surface area contributed by atoms with Crippen LogP contribution in [0.1, 0.15) is 48.6 Å². The van der Waals surface area contributed by atoms with Gasteiger partial charge in [-0.05, 0) is 50.8 Å². The van der Waals surface area contributed by atoms with Crippen molar-refractivity contribution in [3.05, 3.63) is 45.8 Å². The molecule has 2 rings (SSSR count). The van der Waals surface area contributed by atoms with Crippen molar-refractivity contribution in [2.75, 3.05) is 44.4 Å². The van der Waals surface area contributed by atoms with E-state index in [4.69, 9.17) is 15.5 Å². The molecule has 1 N–H and O–H groups in total. The fraction of sp³-hybridized carbons (Fsp3) is 0.480. The summed E-state index contributed by atoms with van der Waals surface area (Å²) in [5.41, 5.74) is 1.33. The van der Waals surface area contributed by atoms with E-state index in [0.29, 0.717) is 51.1 Å². The van der Waals surface area contributed by atoms with Gasteiger partial charge in [-0.3, -0.25) is 19.1 Å². The first-order chi connectivity index (χ1) is 17.3. The third-order valence-corrected chi connectivity index (χ3v) is 8.01. The lowest BCUT2D eigenvalue weighted by atomic mass is 10.1. The van der Waals surface area contributed by atoms with E-state index >= 15 is 0 Å². The highest BCUT2D eigenvalue weighted by molar-refractivity contribution is 9.10. The molecule has 0 saturated carbocycles. The Balaban J connectivity index is 2.17. The van der Waals surface area contributed by atoms with E-state index in [1.807, 2.05) is 24.3 Å². The van der Waals surface area contributed by atoms with Gasteiger partial charge < -0.3 is 18.9 Å². The zero-order chi connectivity index (χ0) is 26.6. The lowest BCUT2D eigenvalue weighted by molar-refractivity contribution is -0.107. The van der Waals surface area contributed by atoms with E-state index in [1.54, 1.807) is 20.9 Å². The van der Waals surface area contributed by atoms with E-state index < -0.39 is 7.60 Å². The quantitative estimate of drug-likeness (QED) is 0.134. The molecule has 0 atom stereocenters. The number of halogens is 1. The average molecular weight is 581 g/mol. The van der Waals surface area contributed by atoms with Gasteiger partial charge in [0.1, 0.15) is 11.5 Å². The summed E-state index contributed by atoms with van der Waals surface area (Å²) in [5, 5.41) is 0. The van der Waals surface area contributed by atoms with Crippen LogP contribution in [0.2, 0.25) is 0 Å². The molecule has 2 aromatic rings. The van der Waals surface area contributed by atoms with Crippen LogP contribution in [-0.4, -0.2) is 66.7 Å². The summed E-state index contributed by atoms with van der Waals surface area (Å²) >= 11 is 3.43. The minimum Gasteiger partial charge on any atom is -0.336 e. The van der Waals surface area contributed by atoms with Crippen LogP contribution in [0.25, 0.3) is 0 Å². The Morgan fingerprint density at radius 2 is 1.86 bits per heavy atom. The molecule has 1 aromatic carbocycles. The van der Waals surface area contributed by atoms with Crippen molar-refractivity contribution in [3.63, 3.8) is 0 Å². The minimum absolute atomic E-state index is 0.122. The number of carbonyl (C=O) groups is 2. The van der Waals surface area contributed by atoms with Crippen molar-refractivity contribution in [2.24, 2.45) is 0 Å². The maximum Gasteiger partial charge on any atom is 0.330 e. The molecule has 0 spiro atoms. The fourth-order valence-corrected chi connectivity index (χ4v) is 5.55. The molecule has 1 aromatic heterocycles. The number of aryl methyl sites for hydroxylation is 2. The molecular weight excluding hydrogens is 547 g/mol. The predicted octanol–water partition coefficient (Wildman–Crippen LogP) is 4.67. The Morgan fingerprint density at radius 3 is 2.44 bits per heavy atom. The molecule has 0 fully saturated rings. The minimum atomic E-state index is -3.15. The summed E-state index contributed by atoms with van der Waals surface area (Å²) in [7, 11) is -1.56. The van der Waals surface area contributed by atoms with Gasteiger partial charge in [-0.2, -0.15) is 0 Å². The first kappa shape index (κ1) is 29.8. The number of aromatic nitrogens is 2. The van der Waals surface area contributed by atoms with Crippen LogP contribution in [0.15, 0.2) is 28.7 Å². The predicted molar refractivity (Wildman–Crippen MR) is 144 cm³/mol. The van der Waals surface area contributed by atoms with E-state index in [0.717, 1.165) is 10.0 Å². The molecule has 36 heavy (non-hydrogen) atoms. The first-order valence-corrected chi connectivity index (χ1v) is 14.4. The van der Waals surface area contributed by atoms with E-state index in [9.17, 15) is 14.2 Å². The molecule has 0 unspecified atom stereocenters. The van der Waals surface area contributed by atoms with E-state index in [-0.39, 0.29) is 36.7 Å². The van der Waals surface area contributed by atoms with Crippen LogP contribution in [-0.2, 0) is 31.2 Å². The second-order valence-electron chi connectivity index (χ2n) is 8.05. The second-order valence-corrected chi connectivity index (χ2v) is 11.2. The van der Waals surface area contributed by atoms with Crippen LogP contribution in [0.4, 0.5) is 5.82 Å². The van der Waals surface area contributed by atoms with Gasteiger partial charge in [0.05, 0.1) is 25.9 Å². The molecule has 196 valence electrons. The standard InChI is InChI=1S/C25H34BrN4O5P/c1-5-16-29(4)25(32)23-24(28-22(27-23)15-12-20-10-13-21(26)14-11-20)30(19-31)17-8-9-18-36(33,34-6-2)35-7-3/h1,10-11,13-14,19H,6-9,12,15-18H2,2-4H3,(H,27,28). The highest BCUT2D eigenvalue weighted by Gasteiger charge is 2.26. The van der Waals surface area contributed by atoms with Gasteiger partial charge in [0, 0.05) is 24.5 Å². The number of H-pyrrole nitrogens is 1. The number of carbonyl (C=O) groups excluding carboxylic acids is 2. The Bertz CT molecular complexity index is 1070. The zero-order valence-electron chi connectivity index (χ0n) is 21.0. The number of hydrogen-bond acceptors (Lipinski definition) is 6. The zero-order valence-corrected chi connectivity index (χ0v) is 23.5. The van der Waals surface area contributed by atoms with Gasteiger partial charge >= 0.3 is 7.60 Å². The van der Waals surface area contributed by atoms with Gasteiger partial charge in [0.15, 0.2) is 5.82 Å². The SMILES string of the molecule is C#CCN(C)C(=O)c1[nH]c(CCc2ccc(Br)cc2)nc1N(C=O)CCCCP(=O)(OCC)OCC. The van der Waals surface area contributed by atoms with E-state index in [2.05, 4.69) is 31.8 Å². The summed E-state index contributed by atoms with van der Waals surface area (Å²) < 4.78 is 24.3. The number of unbranched alkanes of at least 4 members (excludes halogenated alkanes) is 1. The second kappa shape index (κ2) is 15.0. The Labute approximate surface area is 221 Å². The molecular formula is C25H34BrN4O5P. The molecule has 0 bridgehead atoms. The molecule has 11 heteroatoms. The third kappa shape index (κ3) is 8.90. The van der Waals surface area contributed by atoms with Gasteiger partial charge in [0.25, 0.3) is 5.91 Å². The van der Waals surface area contributed by atoms with Crippen LogP contribution >= 0.6 is 23.5 Å². The Kier molecular flexibility index (Phi) is 12.4. The highest BCUT2D eigenvalue weighted by atomic mass is 79.9. The molecule has 0 aliphatic carbocycles. The number of rotatable bonds is 16. The fourth-order valence-electron chi connectivity index (χ4n) is 3.56. The number of aromatic amines is 1. The summed E-state index contributed by atoms with van der Waals surface area (Å²) in [6.07, 6.45) is 8.58. The molecule has 2 amide bonds. The number of benzene rings is 1. The van der Waals surface area contributed by atoms with Gasteiger partial charge in [-0.1, -0.05) is 34.0 Å². The van der Waals surface area contributed by atoms with Crippen LogP contribution in [0.5, 0.6) is 0 Å². The number of terminal acetylenes is 1. The summed E-state index contributed by atoms with van der Waals surface area (Å²) in [6.45, 7) is 4.53. The molecule has 9 nitrogen and oxygen atoms in total. The largest absolute Gasteiger partial charge is 0.336 e. The normalized spacial score (nSPS) is 11.2. The molecule has 0 radical (unpaired) electrons. The number of nitrogens with zero attached hydrogens (tertiary/aromatic N) is 3. The van der Waals surface area contributed by atoms with E-state index in [1.165, 1.54) is 9.80 Å². The maximum atomic E-state index is 13.0. The van der Waals surface area contributed by atoms with Crippen molar-refractivity contribution in [1.29, 1.82) is 0 Å². The molecule has 0 saturated heterocycles.